The van der Waals surface area contributed by atoms with Crippen molar-refractivity contribution < 1.29 is 23.0 Å². The maximum Gasteiger partial charge on any atom is 0.270 e. The van der Waals surface area contributed by atoms with Crippen LogP contribution in [0.2, 0.25) is 0 Å². The molecule has 0 spiro atoms. The monoisotopic (exact) mass is 415 g/mol. The summed E-state index contributed by atoms with van der Waals surface area (Å²) in [5.74, 6) is -1.10. The quantitative estimate of drug-likeness (QED) is 0.666. The molecule has 1 fully saturated rings. The normalized spacial score (nSPS) is 17.5. The highest BCUT2D eigenvalue weighted by Crippen LogP contribution is 2.31. The molecule has 0 unspecified atom stereocenters. The van der Waals surface area contributed by atoms with E-state index in [0.29, 0.717) is 30.4 Å². The molecule has 0 saturated carbocycles. The molecule has 4 rings (SSSR count). The summed E-state index contributed by atoms with van der Waals surface area (Å²) >= 11 is 0. The van der Waals surface area contributed by atoms with E-state index >= 15 is 0 Å². The number of ether oxygens (including phenoxy) is 2. The van der Waals surface area contributed by atoms with Crippen molar-refractivity contribution in [3.8, 4) is 11.5 Å². The molecule has 0 N–H and O–H groups in total. The molecule has 4 nitrogen and oxygen atoms in total. The fourth-order valence-electron chi connectivity index (χ4n) is 4.09. The lowest BCUT2D eigenvalue weighted by Gasteiger charge is -2.31. The van der Waals surface area contributed by atoms with Crippen LogP contribution in [0.3, 0.4) is 0 Å². The summed E-state index contributed by atoms with van der Waals surface area (Å²) in [6.07, 6.45) is 3.33. The zero-order valence-electron chi connectivity index (χ0n) is 17.2. The van der Waals surface area contributed by atoms with Gasteiger partial charge < -0.3 is 14.4 Å². The van der Waals surface area contributed by atoms with E-state index in [1.807, 2.05) is 23.1 Å². The number of alkyl halides is 2. The molecule has 2 aromatic carbocycles. The van der Waals surface area contributed by atoms with Crippen LogP contribution in [0.15, 0.2) is 42.5 Å². The Morgan fingerprint density at radius 3 is 2.50 bits per heavy atom. The van der Waals surface area contributed by atoms with Crippen molar-refractivity contribution in [1.82, 2.24) is 4.90 Å². The predicted molar refractivity (Wildman–Crippen MR) is 110 cm³/mol. The number of carbonyl (C=O) groups excluding carboxylic acids is 1. The number of rotatable bonds is 5. The summed E-state index contributed by atoms with van der Waals surface area (Å²) in [5.41, 5.74) is 2.26. The summed E-state index contributed by atoms with van der Waals surface area (Å²) in [5, 5.41) is 0. The Labute approximate surface area is 175 Å². The van der Waals surface area contributed by atoms with Gasteiger partial charge in [0.15, 0.2) is 0 Å². The Bertz CT molecular complexity index is 886. The number of benzene rings is 2. The topological polar surface area (TPSA) is 38.8 Å². The molecule has 30 heavy (non-hydrogen) atoms. The molecular weight excluding hydrogens is 388 g/mol. The first-order chi connectivity index (χ1) is 14.4. The van der Waals surface area contributed by atoms with Gasteiger partial charge in [0, 0.05) is 45.2 Å². The molecule has 2 aliphatic heterocycles. The minimum absolute atomic E-state index is 0.0426. The fraction of sp³-hybridized carbons (Fsp3) is 0.458. The minimum atomic E-state index is -2.87. The lowest BCUT2D eigenvalue weighted by molar-refractivity contribution is -0.133. The predicted octanol–water partition coefficient (Wildman–Crippen LogP) is 5.29. The summed E-state index contributed by atoms with van der Waals surface area (Å²) in [6, 6.07) is 11.7. The van der Waals surface area contributed by atoms with Crippen molar-refractivity contribution in [3.63, 3.8) is 0 Å². The fourth-order valence-corrected chi connectivity index (χ4v) is 4.09. The van der Waals surface area contributed by atoms with Crippen LogP contribution in [0.25, 0.3) is 0 Å². The van der Waals surface area contributed by atoms with E-state index < -0.39 is 5.92 Å². The van der Waals surface area contributed by atoms with Gasteiger partial charge in [-0.05, 0) is 72.7 Å². The van der Waals surface area contributed by atoms with Gasteiger partial charge in [0.2, 0.25) is 5.91 Å². The summed E-state index contributed by atoms with van der Waals surface area (Å²) < 4.78 is 38.0. The highest BCUT2D eigenvalue weighted by molar-refractivity contribution is 5.76. The summed E-state index contributed by atoms with van der Waals surface area (Å²) in [4.78, 5) is 14.7. The maximum atomic E-state index is 13.4. The van der Waals surface area contributed by atoms with Gasteiger partial charge in [-0.3, -0.25) is 4.79 Å². The first kappa shape index (κ1) is 20.8. The molecule has 1 saturated heterocycles. The molecule has 2 aliphatic rings. The lowest BCUT2D eigenvalue weighted by atomic mass is 9.94. The highest BCUT2D eigenvalue weighted by atomic mass is 19.3. The lowest BCUT2D eigenvalue weighted by Crippen LogP contribution is -2.37. The van der Waals surface area contributed by atoms with Gasteiger partial charge in [-0.15, -0.1) is 0 Å². The van der Waals surface area contributed by atoms with E-state index in [0.717, 1.165) is 51.5 Å². The number of carbonyl (C=O) groups is 1. The summed E-state index contributed by atoms with van der Waals surface area (Å²) in [7, 11) is 0. The van der Waals surface area contributed by atoms with Gasteiger partial charge in [-0.25, -0.2) is 8.78 Å². The first-order valence-corrected chi connectivity index (χ1v) is 10.5. The molecular formula is C24H27F2NO3. The Kier molecular flexibility index (Phi) is 6.04. The van der Waals surface area contributed by atoms with E-state index in [1.165, 1.54) is 17.7 Å². The third-order valence-corrected chi connectivity index (χ3v) is 5.94. The van der Waals surface area contributed by atoms with E-state index in [9.17, 15) is 13.6 Å². The van der Waals surface area contributed by atoms with Crippen LogP contribution in [-0.2, 0) is 28.4 Å². The third kappa shape index (κ3) is 4.98. The van der Waals surface area contributed by atoms with E-state index in [-0.39, 0.29) is 11.5 Å². The second-order valence-corrected chi connectivity index (χ2v) is 8.27. The standard InChI is InChI=1S/C24H27F2NO3/c1-24(25,26)20-3-6-21(7-4-20)30-22-5-2-18-8-11-27(16-19(18)15-22)23(28)14-17-9-12-29-13-10-17/h2-7,15,17H,8-14,16H2,1H3. The average Bonchev–Trinajstić information content (AvgIpc) is 2.74. The molecule has 0 bridgehead atoms. The number of hydrogen-bond donors (Lipinski definition) is 0. The van der Waals surface area contributed by atoms with Gasteiger partial charge in [0.25, 0.3) is 5.92 Å². The van der Waals surface area contributed by atoms with E-state index in [2.05, 4.69) is 0 Å². The smallest absolute Gasteiger partial charge is 0.270 e. The van der Waals surface area contributed by atoms with E-state index in [1.54, 1.807) is 12.1 Å². The van der Waals surface area contributed by atoms with Crippen LogP contribution >= 0.6 is 0 Å². The molecule has 2 heterocycles. The van der Waals surface area contributed by atoms with Gasteiger partial charge >= 0.3 is 0 Å². The largest absolute Gasteiger partial charge is 0.457 e. The number of halogens is 2. The van der Waals surface area contributed by atoms with Gasteiger partial charge in [-0.2, -0.15) is 0 Å². The van der Waals surface area contributed by atoms with Crippen LogP contribution in [0.4, 0.5) is 8.78 Å². The van der Waals surface area contributed by atoms with Crippen LogP contribution in [0.5, 0.6) is 11.5 Å². The molecule has 0 aliphatic carbocycles. The van der Waals surface area contributed by atoms with Crippen LogP contribution < -0.4 is 4.74 Å². The Morgan fingerprint density at radius 1 is 1.10 bits per heavy atom. The Hall–Kier alpha value is -2.47. The van der Waals surface area contributed by atoms with Gasteiger partial charge in [-0.1, -0.05) is 6.07 Å². The number of fused-ring (bicyclic) bond motifs is 1. The third-order valence-electron chi connectivity index (χ3n) is 5.94. The molecule has 6 heteroatoms. The molecule has 160 valence electrons. The van der Waals surface area contributed by atoms with Gasteiger partial charge in [0.05, 0.1) is 0 Å². The molecule has 1 amide bonds. The van der Waals surface area contributed by atoms with Crippen LogP contribution in [0, 0.1) is 5.92 Å². The molecule has 0 atom stereocenters. The van der Waals surface area contributed by atoms with Crippen molar-refractivity contribution in [1.29, 1.82) is 0 Å². The SMILES string of the molecule is CC(F)(F)c1ccc(Oc2ccc3c(c2)CN(C(=O)CC2CCOCC2)CC3)cc1. The van der Waals surface area contributed by atoms with Gasteiger partial charge in [0.1, 0.15) is 11.5 Å². The Balaban J connectivity index is 1.40. The second-order valence-electron chi connectivity index (χ2n) is 8.27. The van der Waals surface area contributed by atoms with Crippen molar-refractivity contribution in [3.05, 3.63) is 59.2 Å². The zero-order valence-corrected chi connectivity index (χ0v) is 17.2. The molecule has 2 aromatic rings. The molecule has 0 radical (unpaired) electrons. The second kappa shape index (κ2) is 8.72. The molecule has 0 aromatic heterocycles. The highest BCUT2D eigenvalue weighted by Gasteiger charge is 2.25. The average molecular weight is 415 g/mol. The Morgan fingerprint density at radius 2 is 1.80 bits per heavy atom. The van der Waals surface area contributed by atoms with E-state index in [4.69, 9.17) is 9.47 Å². The van der Waals surface area contributed by atoms with Crippen molar-refractivity contribution in [2.45, 2.75) is 45.1 Å². The van der Waals surface area contributed by atoms with Crippen LogP contribution in [0.1, 0.15) is 42.9 Å². The number of hydrogen-bond acceptors (Lipinski definition) is 3. The van der Waals surface area contributed by atoms with Crippen molar-refractivity contribution in [2.75, 3.05) is 19.8 Å². The van der Waals surface area contributed by atoms with Crippen LogP contribution in [-0.4, -0.2) is 30.6 Å². The van der Waals surface area contributed by atoms with Crippen molar-refractivity contribution >= 4 is 5.91 Å². The number of nitrogens with zero attached hydrogens (tertiary/aromatic N) is 1. The minimum Gasteiger partial charge on any atom is -0.457 e. The summed E-state index contributed by atoms with van der Waals surface area (Å²) in [6.45, 7) is 3.69. The maximum absolute atomic E-state index is 13.4. The zero-order chi connectivity index (χ0) is 21.1. The number of amides is 1. The van der Waals surface area contributed by atoms with Crippen molar-refractivity contribution in [2.24, 2.45) is 5.92 Å². The first-order valence-electron chi connectivity index (χ1n) is 10.5.